The fourth-order valence-electron chi connectivity index (χ4n) is 2.91. The number of carbonyl (C=O) groups excluding carboxylic acids is 1. The van der Waals surface area contributed by atoms with Crippen molar-refractivity contribution in [3.63, 3.8) is 0 Å². The van der Waals surface area contributed by atoms with Crippen LogP contribution >= 0.6 is 23.4 Å². The largest absolute Gasteiger partial charge is 0.379 e. The fourth-order valence-corrected chi connectivity index (χ4v) is 4.97. The number of nitrogens with one attached hydrogen (secondary N) is 1. The van der Waals surface area contributed by atoms with Crippen LogP contribution in [0.5, 0.6) is 5.75 Å². The van der Waals surface area contributed by atoms with E-state index in [2.05, 4.69) is 10.3 Å². The van der Waals surface area contributed by atoms with Gasteiger partial charge in [-0.05, 0) is 65.9 Å². The van der Waals surface area contributed by atoms with Crippen molar-refractivity contribution in [1.29, 1.82) is 0 Å². The third-order valence-corrected chi connectivity index (χ3v) is 6.86. The van der Waals surface area contributed by atoms with Gasteiger partial charge >= 0.3 is 10.1 Å². The van der Waals surface area contributed by atoms with E-state index in [0.29, 0.717) is 26.3 Å². The van der Waals surface area contributed by atoms with E-state index in [1.165, 1.54) is 30.3 Å². The number of nitro groups is 1. The maximum Gasteiger partial charge on any atom is 0.346 e. The molecule has 0 radical (unpaired) electrons. The molecule has 0 aliphatic carbocycles. The molecule has 3 aromatic rings. The lowest BCUT2D eigenvalue weighted by atomic mass is 10.2. The molecule has 1 aliphatic heterocycles. The predicted molar refractivity (Wildman–Crippen MR) is 130 cm³/mol. The van der Waals surface area contributed by atoms with Crippen molar-refractivity contribution < 1.29 is 22.3 Å². The predicted octanol–water partition coefficient (Wildman–Crippen LogP) is 4.91. The molecule has 1 amide bonds. The highest BCUT2D eigenvalue weighted by molar-refractivity contribution is 8.18. The molecule has 0 aromatic heterocycles. The van der Waals surface area contributed by atoms with Crippen LogP contribution in [0.25, 0.3) is 6.08 Å². The first-order valence-corrected chi connectivity index (χ1v) is 12.1. The molecule has 12 heteroatoms. The molecule has 0 atom stereocenters. The Kier molecular flexibility index (Phi) is 6.68. The van der Waals surface area contributed by atoms with Crippen molar-refractivity contribution in [2.75, 3.05) is 0 Å². The zero-order chi connectivity index (χ0) is 24.3. The van der Waals surface area contributed by atoms with Crippen LogP contribution in [0.15, 0.2) is 87.6 Å². The molecule has 34 heavy (non-hydrogen) atoms. The van der Waals surface area contributed by atoms with Crippen LogP contribution in [0, 0.1) is 10.1 Å². The number of hydrogen-bond donors (Lipinski definition) is 1. The number of carbonyl (C=O) groups is 1. The van der Waals surface area contributed by atoms with Crippen LogP contribution in [0.4, 0.5) is 11.4 Å². The highest BCUT2D eigenvalue weighted by Gasteiger charge is 2.27. The van der Waals surface area contributed by atoms with Crippen LogP contribution in [0.2, 0.25) is 5.02 Å². The lowest BCUT2D eigenvalue weighted by molar-refractivity contribution is -0.387. The second-order valence-electron chi connectivity index (χ2n) is 6.79. The Morgan fingerprint density at radius 3 is 2.53 bits per heavy atom. The maximum atomic E-state index is 12.6. The fraction of sp³-hybridized carbons (Fsp3) is 0. The van der Waals surface area contributed by atoms with E-state index in [0.717, 1.165) is 23.9 Å². The van der Waals surface area contributed by atoms with E-state index in [4.69, 9.17) is 15.8 Å². The Balaban J connectivity index is 1.55. The number of nitrogens with zero attached hydrogens (tertiary/aromatic N) is 2. The van der Waals surface area contributed by atoms with E-state index in [1.807, 2.05) is 0 Å². The molecule has 0 bridgehead atoms. The van der Waals surface area contributed by atoms with Crippen molar-refractivity contribution in [3.8, 4) is 5.75 Å². The number of rotatable bonds is 6. The van der Waals surface area contributed by atoms with Crippen LogP contribution < -0.4 is 9.50 Å². The summed E-state index contributed by atoms with van der Waals surface area (Å²) < 4.78 is 30.4. The van der Waals surface area contributed by atoms with E-state index in [-0.39, 0.29) is 11.7 Å². The highest BCUT2D eigenvalue weighted by atomic mass is 35.5. The lowest BCUT2D eigenvalue weighted by Gasteiger charge is -2.08. The number of para-hydroxylation sites is 1. The summed E-state index contributed by atoms with van der Waals surface area (Å²) in [5.74, 6) is -0.428. The van der Waals surface area contributed by atoms with Crippen LogP contribution in [-0.4, -0.2) is 24.4 Å². The first kappa shape index (κ1) is 23.5. The number of thioether (sulfide) groups is 1. The van der Waals surface area contributed by atoms with Crippen molar-refractivity contribution in [2.24, 2.45) is 4.99 Å². The van der Waals surface area contributed by atoms with E-state index in [1.54, 1.807) is 36.4 Å². The molecule has 1 heterocycles. The number of hydrogen-bond acceptors (Lipinski definition) is 8. The number of aliphatic imine (C=N–C) groups is 1. The van der Waals surface area contributed by atoms with Gasteiger partial charge in [-0.25, -0.2) is 4.99 Å². The summed E-state index contributed by atoms with van der Waals surface area (Å²) in [6.07, 6.45) is 1.55. The van der Waals surface area contributed by atoms with E-state index < -0.39 is 25.6 Å². The van der Waals surface area contributed by atoms with Gasteiger partial charge in [0.2, 0.25) is 0 Å². The minimum absolute atomic E-state index is 0.0639. The van der Waals surface area contributed by atoms with Crippen molar-refractivity contribution in [1.82, 2.24) is 5.32 Å². The van der Waals surface area contributed by atoms with Crippen molar-refractivity contribution in [2.45, 2.75) is 4.90 Å². The highest BCUT2D eigenvalue weighted by Crippen LogP contribution is 2.30. The van der Waals surface area contributed by atoms with Crippen molar-refractivity contribution in [3.05, 3.63) is 98.4 Å². The number of benzene rings is 3. The third kappa shape index (κ3) is 5.45. The Labute approximate surface area is 203 Å². The van der Waals surface area contributed by atoms with Gasteiger partial charge in [-0.3, -0.25) is 14.9 Å². The minimum Gasteiger partial charge on any atom is -0.379 e. The summed E-state index contributed by atoms with van der Waals surface area (Å²) in [7, 11) is -4.47. The number of halogens is 1. The SMILES string of the molecule is O=C1NC(=Nc2ccc(Cl)cc2)S/C1=C\c1cccc(OS(=O)(=O)c2ccccc2[N+](=O)[O-])c1. The van der Waals surface area contributed by atoms with Crippen LogP contribution in [-0.2, 0) is 14.9 Å². The van der Waals surface area contributed by atoms with Gasteiger partial charge < -0.3 is 9.50 Å². The van der Waals surface area contributed by atoms with Gasteiger partial charge in [0.05, 0.1) is 15.5 Å². The standard InChI is InChI=1S/C22H14ClN3O6S2/c23-15-8-10-16(11-9-15)24-22-25-21(27)19(33-22)13-14-4-3-5-17(12-14)32-34(30,31)20-7-2-1-6-18(20)26(28)29/h1-13H,(H,24,25,27)/b19-13-. The Morgan fingerprint density at radius 2 is 1.79 bits per heavy atom. The molecule has 1 N–H and O–H groups in total. The Morgan fingerprint density at radius 1 is 1.06 bits per heavy atom. The van der Waals surface area contributed by atoms with Gasteiger partial charge in [0.25, 0.3) is 11.6 Å². The first-order valence-electron chi connectivity index (χ1n) is 9.54. The topological polar surface area (TPSA) is 128 Å². The Hall–Kier alpha value is -3.67. The normalized spacial score (nSPS) is 16.0. The smallest absolute Gasteiger partial charge is 0.346 e. The second-order valence-corrected chi connectivity index (χ2v) is 9.77. The summed E-state index contributed by atoms with van der Waals surface area (Å²) in [4.78, 5) is 26.9. The van der Waals surface area contributed by atoms with Gasteiger partial charge in [-0.2, -0.15) is 8.42 Å². The average Bonchev–Trinajstić information content (AvgIpc) is 3.13. The zero-order valence-corrected chi connectivity index (χ0v) is 19.4. The van der Waals surface area contributed by atoms with Crippen LogP contribution in [0.3, 0.4) is 0 Å². The summed E-state index contributed by atoms with van der Waals surface area (Å²) in [5.41, 5.74) is 0.511. The van der Waals surface area contributed by atoms with E-state index in [9.17, 15) is 23.3 Å². The second kappa shape index (κ2) is 9.67. The van der Waals surface area contributed by atoms with Gasteiger partial charge in [0.1, 0.15) is 5.75 Å². The quantitative estimate of drug-likeness (QED) is 0.214. The molecule has 4 rings (SSSR count). The number of amidine groups is 1. The number of amides is 1. The first-order chi connectivity index (χ1) is 16.2. The van der Waals surface area contributed by atoms with Crippen molar-refractivity contribution >= 4 is 62.0 Å². The number of nitro benzene ring substituents is 1. The molecule has 1 saturated heterocycles. The molecule has 172 valence electrons. The van der Waals surface area contributed by atoms with Gasteiger partial charge in [0.15, 0.2) is 10.1 Å². The lowest BCUT2D eigenvalue weighted by Crippen LogP contribution is -2.19. The summed E-state index contributed by atoms with van der Waals surface area (Å²) in [6, 6.07) is 17.7. The molecule has 9 nitrogen and oxygen atoms in total. The monoisotopic (exact) mass is 515 g/mol. The molecule has 3 aromatic carbocycles. The molecular formula is C22H14ClN3O6S2. The third-order valence-electron chi connectivity index (χ3n) is 4.40. The molecule has 0 saturated carbocycles. The molecule has 1 aliphatic rings. The maximum absolute atomic E-state index is 12.6. The van der Waals surface area contributed by atoms with E-state index >= 15 is 0 Å². The van der Waals surface area contributed by atoms with Gasteiger partial charge in [0, 0.05) is 11.1 Å². The molecule has 0 spiro atoms. The average molecular weight is 516 g/mol. The van der Waals surface area contributed by atoms with Crippen LogP contribution in [0.1, 0.15) is 5.56 Å². The summed E-state index contributed by atoms with van der Waals surface area (Å²) >= 11 is 6.98. The molecular weight excluding hydrogens is 502 g/mol. The van der Waals surface area contributed by atoms with Gasteiger partial charge in [-0.15, -0.1) is 0 Å². The Bertz CT molecular complexity index is 1450. The van der Waals surface area contributed by atoms with Gasteiger partial charge in [-0.1, -0.05) is 35.9 Å². The summed E-state index contributed by atoms with van der Waals surface area (Å²) in [6.45, 7) is 0. The minimum atomic E-state index is -4.47. The molecule has 1 fully saturated rings. The summed E-state index contributed by atoms with van der Waals surface area (Å²) in [5, 5.41) is 14.8. The zero-order valence-electron chi connectivity index (χ0n) is 17.0. The molecule has 0 unspecified atom stereocenters.